The van der Waals surface area contributed by atoms with Crippen molar-refractivity contribution in [2.45, 2.75) is 38.1 Å². The molecule has 0 aromatic heterocycles. The van der Waals surface area contributed by atoms with Crippen molar-refractivity contribution in [3.63, 3.8) is 0 Å². The second-order valence-electron chi connectivity index (χ2n) is 8.35. The fourth-order valence-corrected chi connectivity index (χ4v) is 4.13. The second-order valence-corrected chi connectivity index (χ2v) is 8.35. The number of hydrogen-bond acceptors (Lipinski definition) is 4. The third-order valence-corrected chi connectivity index (χ3v) is 5.96. The Morgan fingerprint density at radius 2 is 1.64 bits per heavy atom. The maximum Gasteiger partial charge on any atom is 0.128 e. The lowest BCUT2D eigenvalue weighted by Gasteiger charge is -2.32. The van der Waals surface area contributed by atoms with Crippen LogP contribution < -0.4 is 10.1 Å². The third-order valence-electron chi connectivity index (χ3n) is 5.96. The van der Waals surface area contributed by atoms with Gasteiger partial charge in [0, 0.05) is 24.4 Å². The molecular formula is C28H32FNO3. The number of halogens is 1. The van der Waals surface area contributed by atoms with E-state index in [4.69, 9.17) is 14.2 Å². The topological polar surface area (TPSA) is 39.7 Å². The van der Waals surface area contributed by atoms with Gasteiger partial charge in [-0.3, -0.25) is 0 Å². The Labute approximate surface area is 195 Å². The van der Waals surface area contributed by atoms with Crippen LogP contribution in [0, 0.1) is 5.82 Å². The summed E-state index contributed by atoms with van der Waals surface area (Å²) in [5.41, 5.74) is 3.01. The fourth-order valence-electron chi connectivity index (χ4n) is 4.13. The first kappa shape index (κ1) is 23.4. The van der Waals surface area contributed by atoms with E-state index < -0.39 is 0 Å². The van der Waals surface area contributed by atoms with Gasteiger partial charge in [0.25, 0.3) is 0 Å². The van der Waals surface area contributed by atoms with Gasteiger partial charge in [0.05, 0.1) is 32.5 Å². The van der Waals surface area contributed by atoms with Gasteiger partial charge in [0.15, 0.2) is 0 Å². The van der Waals surface area contributed by atoms with Crippen molar-refractivity contribution < 1.29 is 18.6 Å². The van der Waals surface area contributed by atoms with Crippen LogP contribution in [0.2, 0.25) is 0 Å². The minimum Gasteiger partial charge on any atom is -0.494 e. The maximum absolute atomic E-state index is 13.9. The van der Waals surface area contributed by atoms with Crippen LogP contribution in [0.25, 0.3) is 0 Å². The van der Waals surface area contributed by atoms with Gasteiger partial charge in [-0.25, -0.2) is 4.39 Å². The highest BCUT2D eigenvalue weighted by atomic mass is 19.1. The summed E-state index contributed by atoms with van der Waals surface area (Å²) in [5, 5.41) is 3.40. The zero-order valence-electron chi connectivity index (χ0n) is 18.9. The number of benzene rings is 3. The smallest absolute Gasteiger partial charge is 0.128 e. The Hall–Kier alpha value is -2.73. The summed E-state index contributed by atoms with van der Waals surface area (Å²) in [5.74, 6) is 0.919. The lowest BCUT2D eigenvalue weighted by molar-refractivity contribution is 0.00938. The molecule has 1 saturated heterocycles. The largest absolute Gasteiger partial charge is 0.494 e. The second kappa shape index (κ2) is 12.5. The number of piperidine rings is 1. The summed E-state index contributed by atoms with van der Waals surface area (Å²) < 4.78 is 31.7. The molecule has 1 aliphatic heterocycles. The molecular weight excluding hydrogens is 417 g/mol. The first-order chi connectivity index (χ1) is 16.3. The van der Waals surface area contributed by atoms with Crippen LogP contribution in [0.15, 0.2) is 78.9 Å². The van der Waals surface area contributed by atoms with Crippen LogP contribution in [-0.2, 0) is 22.7 Å². The molecule has 0 aliphatic carbocycles. The van der Waals surface area contributed by atoms with Crippen molar-refractivity contribution in [3.8, 4) is 5.75 Å². The molecule has 33 heavy (non-hydrogen) atoms. The first-order valence-corrected chi connectivity index (χ1v) is 11.7. The SMILES string of the molecule is Fc1ccccc1COC1CNCCC1c1ccc(OCCCOCc2ccccc2)cc1. The van der Waals surface area contributed by atoms with Gasteiger partial charge in [-0.15, -0.1) is 0 Å². The molecule has 4 nitrogen and oxygen atoms in total. The van der Waals surface area contributed by atoms with Gasteiger partial charge in [-0.2, -0.15) is 0 Å². The van der Waals surface area contributed by atoms with Gasteiger partial charge in [0.2, 0.25) is 0 Å². The Morgan fingerprint density at radius 3 is 2.45 bits per heavy atom. The molecule has 5 heteroatoms. The fraction of sp³-hybridized carbons (Fsp3) is 0.357. The summed E-state index contributed by atoms with van der Waals surface area (Å²) in [7, 11) is 0. The zero-order chi connectivity index (χ0) is 22.7. The molecule has 3 aromatic rings. The molecule has 1 heterocycles. The monoisotopic (exact) mass is 449 g/mol. The summed E-state index contributed by atoms with van der Waals surface area (Å²) in [6, 6.07) is 25.3. The normalized spacial score (nSPS) is 18.2. The molecule has 0 saturated carbocycles. The van der Waals surface area contributed by atoms with Crippen LogP contribution in [0.4, 0.5) is 4.39 Å². The van der Waals surface area contributed by atoms with Crippen molar-refractivity contribution in [1.82, 2.24) is 5.32 Å². The summed E-state index contributed by atoms with van der Waals surface area (Å²) in [4.78, 5) is 0. The van der Waals surface area contributed by atoms with E-state index in [0.29, 0.717) is 25.4 Å². The Bertz CT molecular complexity index is 964. The first-order valence-electron chi connectivity index (χ1n) is 11.7. The minimum absolute atomic E-state index is 0.00638. The van der Waals surface area contributed by atoms with E-state index in [2.05, 4.69) is 29.6 Å². The van der Waals surface area contributed by atoms with Crippen molar-refractivity contribution in [2.75, 3.05) is 26.3 Å². The predicted octanol–water partition coefficient (Wildman–Crippen LogP) is 5.47. The van der Waals surface area contributed by atoms with Crippen LogP contribution in [-0.4, -0.2) is 32.4 Å². The molecule has 1 N–H and O–H groups in total. The summed E-state index contributed by atoms with van der Waals surface area (Å²) in [6.07, 6.45) is 1.84. The summed E-state index contributed by atoms with van der Waals surface area (Å²) >= 11 is 0. The van der Waals surface area contributed by atoms with Gasteiger partial charge < -0.3 is 19.5 Å². The molecule has 0 bridgehead atoms. The van der Waals surface area contributed by atoms with E-state index in [0.717, 1.165) is 31.7 Å². The zero-order valence-corrected chi connectivity index (χ0v) is 18.9. The van der Waals surface area contributed by atoms with Crippen LogP contribution >= 0.6 is 0 Å². The average Bonchev–Trinajstić information content (AvgIpc) is 2.87. The van der Waals surface area contributed by atoms with E-state index in [-0.39, 0.29) is 24.4 Å². The predicted molar refractivity (Wildman–Crippen MR) is 128 cm³/mol. The Morgan fingerprint density at radius 1 is 0.848 bits per heavy atom. The van der Waals surface area contributed by atoms with E-state index in [1.54, 1.807) is 12.1 Å². The molecule has 174 valence electrons. The highest BCUT2D eigenvalue weighted by Gasteiger charge is 2.27. The van der Waals surface area contributed by atoms with E-state index in [9.17, 15) is 4.39 Å². The summed E-state index contributed by atoms with van der Waals surface area (Å²) in [6.45, 7) is 3.92. The lowest BCUT2D eigenvalue weighted by atomic mass is 9.87. The van der Waals surface area contributed by atoms with Crippen LogP contribution in [0.3, 0.4) is 0 Å². The molecule has 3 aromatic carbocycles. The van der Waals surface area contributed by atoms with Crippen molar-refractivity contribution >= 4 is 0 Å². The number of rotatable bonds is 11. The number of nitrogens with one attached hydrogen (secondary N) is 1. The van der Waals surface area contributed by atoms with Gasteiger partial charge in [-0.05, 0) is 42.3 Å². The molecule has 0 amide bonds. The third kappa shape index (κ3) is 7.13. The Balaban J connectivity index is 1.22. The van der Waals surface area contributed by atoms with Crippen molar-refractivity contribution in [3.05, 3.63) is 101 Å². The van der Waals surface area contributed by atoms with Gasteiger partial charge in [-0.1, -0.05) is 60.7 Å². The molecule has 0 radical (unpaired) electrons. The highest BCUT2D eigenvalue weighted by Crippen LogP contribution is 2.30. The highest BCUT2D eigenvalue weighted by molar-refractivity contribution is 5.30. The molecule has 2 atom stereocenters. The average molecular weight is 450 g/mol. The molecule has 1 fully saturated rings. The van der Waals surface area contributed by atoms with Gasteiger partial charge >= 0.3 is 0 Å². The van der Waals surface area contributed by atoms with E-state index >= 15 is 0 Å². The lowest BCUT2D eigenvalue weighted by Crippen LogP contribution is -2.41. The van der Waals surface area contributed by atoms with Crippen molar-refractivity contribution in [1.29, 1.82) is 0 Å². The number of hydrogen-bond donors (Lipinski definition) is 1. The van der Waals surface area contributed by atoms with E-state index in [1.165, 1.54) is 17.2 Å². The molecule has 0 spiro atoms. The molecule has 1 aliphatic rings. The Kier molecular flexibility index (Phi) is 8.87. The van der Waals surface area contributed by atoms with Crippen molar-refractivity contribution in [2.24, 2.45) is 0 Å². The molecule has 2 unspecified atom stereocenters. The quantitative estimate of drug-likeness (QED) is 0.394. The number of ether oxygens (including phenoxy) is 3. The van der Waals surface area contributed by atoms with Crippen LogP contribution in [0.1, 0.15) is 35.4 Å². The maximum atomic E-state index is 13.9. The molecule has 4 rings (SSSR count). The van der Waals surface area contributed by atoms with E-state index in [1.807, 2.05) is 36.4 Å². The van der Waals surface area contributed by atoms with Crippen LogP contribution in [0.5, 0.6) is 5.75 Å². The standard InChI is InChI=1S/C28H32FNO3/c29-27-10-5-4-9-24(27)21-33-28-19-30-16-15-26(28)23-11-13-25(14-12-23)32-18-6-17-31-20-22-7-2-1-3-8-22/h1-5,7-14,26,28,30H,6,15-21H2. The van der Waals surface area contributed by atoms with Gasteiger partial charge in [0.1, 0.15) is 11.6 Å². The minimum atomic E-state index is -0.218.